The summed E-state index contributed by atoms with van der Waals surface area (Å²) in [6, 6.07) is 9.07. The van der Waals surface area contributed by atoms with Crippen molar-refractivity contribution in [1.29, 1.82) is 0 Å². The topological polar surface area (TPSA) is 29.3 Å². The Bertz CT molecular complexity index is 438. The molecule has 0 heterocycles. The van der Waals surface area contributed by atoms with Crippen LogP contribution in [0.25, 0.3) is 0 Å². The number of hydrogen-bond acceptors (Lipinski definition) is 2. The van der Waals surface area contributed by atoms with E-state index in [-0.39, 0.29) is 6.04 Å². The maximum absolute atomic E-state index is 6.37. The summed E-state index contributed by atoms with van der Waals surface area (Å²) in [6.45, 7) is 4.60. The first-order valence-electron chi connectivity index (χ1n) is 7.89. The standard InChI is InChI=1S/C17H25BrN2/c1-12(19)17(15-4-2-3-5-16(15)18)20(10-13-6-7-13)11-14-8-9-14/h2-5,12-14,17H,6-11,19H2,1H3. The third-order valence-electron chi connectivity index (χ3n) is 4.49. The molecule has 0 saturated heterocycles. The zero-order valence-corrected chi connectivity index (χ0v) is 13.8. The van der Waals surface area contributed by atoms with E-state index in [0.29, 0.717) is 6.04 Å². The van der Waals surface area contributed by atoms with Gasteiger partial charge in [-0.05, 0) is 56.1 Å². The molecule has 2 N–H and O–H groups in total. The molecule has 1 aromatic carbocycles. The van der Waals surface area contributed by atoms with E-state index in [2.05, 4.69) is 52.0 Å². The molecule has 110 valence electrons. The van der Waals surface area contributed by atoms with Gasteiger partial charge in [-0.3, -0.25) is 4.90 Å². The summed E-state index contributed by atoms with van der Waals surface area (Å²) in [7, 11) is 0. The Morgan fingerprint density at radius 2 is 1.70 bits per heavy atom. The number of benzene rings is 1. The molecule has 2 aliphatic carbocycles. The van der Waals surface area contributed by atoms with Crippen LogP contribution in [-0.4, -0.2) is 24.0 Å². The number of rotatable bonds is 7. The molecular formula is C17H25BrN2. The minimum absolute atomic E-state index is 0.159. The van der Waals surface area contributed by atoms with E-state index >= 15 is 0 Å². The van der Waals surface area contributed by atoms with Crippen LogP contribution in [0.4, 0.5) is 0 Å². The van der Waals surface area contributed by atoms with Crippen molar-refractivity contribution in [1.82, 2.24) is 4.90 Å². The van der Waals surface area contributed by atoms with E-state index in [1.165, 1.54) is 48.8 Å². The molecule has 20 heavy (non-hydrogen) atoms. The van der Waals surface area contributed by atoms with Gasteiger partial charge in [0.2, 0.25) is 0 Å². The fourth-order valence-corrected chi connectivity index (χ4v) is 3.61. The molecule has 2 fully saturated rings. The van der Waals surface area contributed by atoms with E-state index in [4.69, 9.17) is 5.73 Å². The van der Waals surface area contributed by atoms with Crippen LogP contribution in [0.1, 0.15) is 44.2 Å². The quantitative estimate of drug-likeness (QED) is 0.816. The molecule has 2 atom stereocenters. The Kier molecular flexibility index (Phi) is 4.49. The highest BCUT2D eigenvalue weighted by Gasteiger charge is 2.34. The average molecular weight is 337 g/mol. The third-order valence-corrected chi connectivity index (χ3v) is 5.22. The summed E-state index contributed by atoms with van der Waals surface area (Å²) in [5.74, 6) is 1.83. The Hall–Kier alpha value is -0.380. The Balaban J connectivity index is 1.83. The molecule has 2 aliphatic rings. The van der Waals surface area contributed by atoms with Gasteiger partial charge < -0.3 is 5.73 Å². The lowest BCUT2D eigenvalue weighted by atomic mass is 9.98. The summed E-state index contributed by atoms with van der Waals surface area (Å²) >= 11 is 3.71. The van der Waals surface area contributed by atoms with Crippen LogP contribution >= 0.6 is 15.9 Å². The van der Waals surface area contributed by atoms with Crippen LogP contribution in [-0.2, 0) is 0 Å². The fourth-order valence-electron chi connectivity index (χ4n) is 3.09. The smallest absolute Gasteiger partial charge is 0.0507 e. The van der Waals surface area contributed by atoms with Crippen molar-refractivity contribution in [2.45, 2.75) is 44.7 Å². The van der Waals surface area contributed by atoms with Gasteiger partial charge in [-0.2, -0.15) is 0 Å². The van der Waals surface area contributed by atoms with Gasteiger partial charge in [0, 0.05) is 23.6 Å². The second-order valence-corrected chi connectivity index (χ2v) is 7.52. The fraction of sp³-hybridized carbons (Fsp3) is 0.647. The van der Waals surface area contributed by atoms with Crippen molar-refractivity contribution in [2.24, 2.45) is 17.6 Å². The Morgan fingerprint density at radius 1 is 1.15 bits per heavy atom. The lowest BCUT2D eigenvalue weighted by Crippen LogP contribution is -2.41. The summed E-state index contributed by atoms with van der Waals surface area (Å²) in [5.41, 5.74) is 7.72. The number of hydrogen-bond donors (Lipinski definition) is 1. The number of nitrogens with two attached hydrogens (primary N) is 1. The largest absolute Gasteiger partial charge is 0.326 e. The highest BCUT2D eigenvalue weighted by atomic mass is 79.9. The van der Waals surface area contributed by atoms with E-state index in [1.54, 1.807) is 0 Å². The molecule has 2 unspecified atom stereocenters. The van der Waals surface area contributed by atoms with Gasteiger partial charge in [0.1, 0.15) is 0 Å². The first kappa shape index (κ1) is 14.6. The predicted octanol–water partition coefficient (Wildman–Crippen LogP) is 3.96. The maximum atomic E-state index is 6.37. The van der Waals surface area contributed by atoms with E-state index in [0.717, 1.165) is 11.8 Å². The molecule has 1 aromatic rings. The van der Waals surface area contributed by atoms with Crippen molar-refractivity contribution in [2.75, 3.05) is 13.1 Å². The van der Waals surface area contributed by atoms with Gasteiger partial charge in [0.05, 0.1) is 6.04 Å². The van der Waals surface area contributed by atoms with Crippen LogP contribution in [0.3, 0.4) is 0 Å². The van der Waals surface area contributed by atoms with Crippen LogP contribution in [0.15, 0.2) is 28.7 Å². The van der Waals surface area contributed by atoms with E-state index < -0.39 is 0 Å². The SMILES string of the molecule is CC(N)C(c1ccccc1Br)N(CC1CC1)CC1CC1. The van der Waals surface area contributed by atoms with Crippen molar-refractivity contribution in [3.63, 3.8) is 0 Å². The van der Waals surface area contributed by atoms with E-state index in [9.17, 15) is 0 Å². The Morgan fingerprint density at radius 3 is 2.15 bits per heavy atom. The molecule has 0 amide bonds. The second-order valence-electron chi connectivity index (χ2n) is 6.67. The van der Waals surface area contributed by atoms with Crippen LogP contribution in [0, 0.1) is 11.8 Å². The van der Waals surface area contributed by atoms with E-state index in [1.807, 2.05) is 0 Å². The zero-order valence-electron chi connectivity index (χ0n) is 12.3. The monoisotopic (exact) mass is 336 g/mol. The highest BCUT2D eigenvalue weighted by Crippen LogP contribution is 2.39. The van der Waals surface area contributed by atoms with Crippen molar-refractivity contribution < 1.29 is 0 Å². The molecular weight excluding hydrogens is 312 g/mol. The summed E-state index contributed by atoms with van der Waals surface area (Å²) in [5, 5.41) is 0. The minimum atomic E-state index is 0.159. The molecule has 0 bridgehead atoms. The molecule has 2 saturated carbocycles. The summed E-state index contributed by atoms with van der Waals surface area (Å²) in [6.07, 6.45) is 5.62. The van der Waals surface area contributed by atoms with Crippen LogP contribution < -0.4 is 5.73 Å². The van der Waals surface area contributed by atoms with Crippen molar-refractivity contribution in [3.8, 4) is 0 Å². The lowest BCUT2D eigenvalue weighted by Gasteiger charge is -2.35. The average Bonchev–Trinajstić information content (AvgIpc) is 3.27. The van der Waals surface area contributed by atoms with Gasteiger partial charge >= 0.3 is 0 Å². The molecule has 0 aliphatic heterocycles. The molecule has 2 nitrogen and oxygen atoms in total. The number of nitrogens with zero attached hydrogens (tertiary/aromatic N) is 1. The van der Waals surface area contributed by atoms with Gasteiger partial charge in [-0.15, -0.1) is 0 Å². The molecule has 0 spiro atoms. The summed E-state index contributed by atoms with van der Waals surface area (Å²) < 4.78 is 1.19. The van der Waals surface area contributed by atoms with Crippen LogP contribution in [0.5, 0.6) is 0 Å². The summed E-state index contributed by atoms with van der Waals surface area (Å²) in [4.78, 5) is 2.67. The maximum Gasteiger partial charge on any atom is 0.0507 e. The molecule has 3 rings (SSSR count). The van der Waals surface area contributed by atoms with Gasteiger partial charge in [-0.25, -0.2) is 0 Å². The van der Waals surface area contributed by atoms with Crippen molar-refractivity contribution >= 4 is 15.9 Å². The second kappa shape index (κ2) is 6.17. The van der Waals surface area contributed by atoms with Crippen molar-refractivity contribution in [3.05, 3.63) is 34.3 Å². The Labute approximate surface area is 130 Å². The molecule has 0 radical (unpaired) electrons. The predicted molar refractivity (Wildman–Crippen MR) is 87.6 cm³/mol. The first-order chi connectivity index (χ1) is 9.65. The molecule has 0 aromatic heterocycles. The van der Waals surface area contributed by atoms with Gasteiger partial charge in [-0.1, -0.05) is 34.1 Å². The third kappa shape index (κ3) is 3.63. The van der Waals surface area contributed by atoms with Crippen LogP contribution in [0.2, 0.25) is 0 Å². The number of halogens is 1. The zero-order chi connectivity index (χ0) is 14.1. The molecule has 3 heteroatoms. The lowest BCUT2D eigenvalue weighted by molar-refractivity contribution is 0.161. The van der Waals surface area contributed by atoms with Gasteiger partial charge in [0.25, 0.3) is 0 Å². The first-order valence-corrected chi connectivity index (χ1v) is 8.68. The normalized spacial score (nSPS) is 22.0. The van der Waals surface area contributed by atoms with Gasteiger partial charge in [0.15, 0.2) is 0 Å². The minimum Gasteiger partial charge on any atom is -0.326 e. The highest BCUT2D eigenvalue weighted by molar-refractivity contribution is 9.10.